The van der Waals surface area contributed by atoms with Crippen LogP contribution in [-0.2, 0) is 19.0 Å². The van der Waals surface area contributed by atoms with Crippen molar-refractivity contribution in [2.45, 2.75) is 109 Å². The first kappa shape index (κ1) is 24.7. The molecule has 2 heterocycles. The van der Waals surface area contributed by atoms with Gasteiger partial charge in [0.1, 0.15) is 12.7 Å². The second-order valence-electron chi connectivity index (χ2n) is 11.2. The van der Waals surface area contributed by atoms with E-state index in [1.165, 1.54) is 18.9 Å². The standard InChI is InChI=1S/C28H43NO4/c1-8-26(6)18-28(32-17-23(33-28)16-31-21(5)30)20(4)27(7,9-2)29(26)25-15-24(25)19(3)22-13-11-10-12-14-22/h10-14,19-20,23-25H,8-9,15-18H2,1-7H3. The molecular weight excluding hydrogens is 414 g/mol. The lowest BCUT2D eigenvalue weighted by molar-refractivity contribution is -0.289. The normalized spacial score (nSPS) is 41.8. The van der Waals surface area contributed by atoms with Crippen molar-refractivity contribution < 1.29 is 19.0 Å². The fourth-order valence-corrected chi connectivity index (χ4v) is 6.85. The molecule has 3 fully saturated rings. The minimum absolute atomic E-state index is 0.0244. The zero-order chi connectivity index (χ0) is 24.0. The Balaban J connectivity index is 1.59. The lowest BCUT2D eigenvalue weighted by Gasteiger charge is -2.63. The molecule has 3 aliphatic rings. The van der Waals surface area contributed by atoms with Gasteiger partial charge in [0.25, 0.3) is 0 Å². The third-order valence-corrected chi connectivity index (χ3v) is 9.29. The van der Waals surface area contributed by atoms with E-state index in [-0.39, 0.29) is 35.7 Å². The van der Waals surface area contributed by atoms with Crippen LogP contribution in [0.1, 0.15) is 85.6 Å². The molecule has 5 nitrogen and oxygen atoms in total. The number of rotatable bonds is 7. The minimum Gasteiger partial charge on any atom is -0.463 e. The molecule has 0 radical (unpaired) electrons. The van der Waals surface area contributed by atoms with Gasteiger partial charge in [-0.2, -0.15) is 0 Å². The van der Waals surface area contributed by atoms with Crippen molar-refractivity contribution in [2.24, 2.45) is 11.8 Å². The van der Waals surface area contributed by atoms with Gasteiger partial charge in [0.15, 0.2) is 5.79 Å². The Morgan fingerprint density at radius 2 is 1.91 bits per heavy atom. The first-order chi connectivity index (χ1) is 15.6. The number of nitrogens with zero attached hydrogens (tertiary/aromatic N) is 1. The Morgan fingerprint density at radius 1 is 1.21 bits per heavy atom. The van der Waals surface area contributed by atoms with E-state index >= 15 is 0 Å². The van der Waals surface area contributed by atoms with E-state index in [4.69, 9.17) is 14.2 Å². The summed E-state index contributed by atoms with van der Waals surface area (Å²) >= 11 is 0. The van der Waals surface area contributed by atoms with Crippen LogP contribution in [0.3, 0.4) is 0 Å². The maximum atomic E-state index is 11.3. The zero-order valence-corrected chi connectivity index (χ0v) is 21.6. The Bertz CT molecular complexity index is 846. The van der Waals surface area contributed by atoms with Crippen molar-refractivity contribution in [1.82, 2.24) is 4.90 Å². The second kappa shape index (κ2) is 8.98. The Morgan fingerprint density at radius 3 is 2.52 bits per heavy atom. The van der Waals surface area contributed by atoms with Crippen LogP contribution in [-0.4, -0.2) is 53.1 Å². The van der Waals surface area contributed by atoms with Crippen LogP contribution in [0, 0.1) is 11.8 Å². The van der Waals surface area contributed by atoms with Gasteiger partial charge in [-0.15, -0.1) is 0 Å². The molecule has 0 N–H and O–H groups in total. The maximum Gasteiger partial charge on any atom is 0.302 e. The maximum absolute atomic E-state index is 11.3. The summed E-state index contributed by atoms with van der Waals surface area (Å²) in [6.07, 6.45) is 3.97. The summed E-state index contributed by atoms with van der Waals surface area (Å²) in [5.41, 5.74) is 1.37. The summed E-state index contributed by atoms with van der Waals surface area (Å²) < 4.78 is 18.3. The molecule has 1 aromatic rings. The third kappa shape index (κ3) is 4.26. The molecule has 2 aliphatic heterocycles. The van der Waals surface area contributed by atoms with Gasteiger partial charge in [0.2, 0.25) is 0 Å². The van der Waals surface area contributed by atoms with Crippen LogP contribution in [0.5, 0.6) is 0 Å². The van der Waals surface area contributed by atoms with Gasteiger partial charge >= 0.3 is 5.97 Å². The summed E-state index contributed by atoms with van der Waals surface area (Å²) in [5, 5.41) is 0. The van der Waals surface area contributed by atoms with E-state index in [0.29, 0.717) is 24.5 Å². The average Bonchev–Trinajstić information content (AvgIpc) is 3.47. The lowest BCUT2D eigenvalue weighted by Crippen LogP contribution is -2.72. The third-order valence-electron chi connectivity index (χ3n) is 9.29. The highest BCUT2D eigenvalue weighted by Gasteiger charge is 2.67. The van der Waals surface area contributed by atoms with Crippen molar-refractivity contribution in [1.29, 1.82) is 0 Å². The van der Waals surface area contributed by atoms with Crippen molar-refractivity contribution in [2.75, 3.05) is 13.2 Å². The molecule has 1 aromatic carbocycles. The zero-order valence-electron chi connectivity index (χ0n) is 21.6. The number of hydrogen-bond acceptors (Lipinski definition) is 5. The molecule has 1 saturated carbocycles. The number of piperidine rings is 1. The average molecular weight is 458 g/mol. The van der Waals surface area contributed by atoms with Gasteiger partial charge in [-0.3, -0.25) is 9.69 Å². The smallest absolute Gasteiger partial charge is 0.302 e. The fourth-order valence-electron chi connectivity index (χ4n) is 6.85. The SMILES string of the molecule is CCC1(C)CC2(OCC(COC(C)=O)O2)C(C)C(C)(CC)N1C1CC1C(C)c1ccccc1. The van der Waals surface area contributed by atoms with Crippen LogP contribution >= 0.6 is 0 Å². The lowest BCUT2D eigenvalue weighted by atomic mass is 9.65. The number of carbonyl (C=O) groups excluding carboxylic acids is 1. The first-order valence-corrected chi connectivity index (χ1v) is 12.9. The molecule has 33 heavy (non-hydrogen) atoms. The van der Waals surface area contributed by atoms with Gasteiger partial charge in [-0.25, -0.2) is 0 Å². The second-order valence-corrected chi connectivity index (χ2v) is 11.2. The molecular formula is C28H43NO4. The molecule has 1 aliphatic carbocycles. The van der Waals surface area contributed by atoms with E-state index in [9.17, 15) is 4.79 Å². The van der Waals surface area contributed by atoms with E-state index < -0.39 is 5.79 Å². The number of carbonyl (C=O) groups is 1. The predicted octanol–water partition coefficient (Wildman–Crippen LogP) is 5.53. The van der Waals surface area contributed by atoms with Crippen LogP contribution in [0.4, 0.5) is 0 Å². The van der Waals surface area contributed by atoms with Crippen molar-refractivity contribution in [3.05, 3.63) is 35.9 Å². The van der Waals surface area contributed by atoms with Gasteiger partial charge < -0.3 is 14.2 Å². The largest absolute Gasteiger partial charge is 0.463 e. The van der Waals surface area contributed by atoms with Gasteiger partial charge in [-0.05, 0) is 50.5 Å². The summed E-state index contributed by atoms with van der Waals surface area (Å²) in [6.45, 7) is 16.3. The molecule has 0 aromatic heterocycles. The van der Waals surface area contributed by atoms with Crippen LogP contribution in [0.2, 0.25) is 0 Å². The Labute approximate surface area is 200 Å². The number of esters is 1. The first-order valence-electron chi connectivity index (χ1n) is 12.9. The quantitative estimate of drug-likeness (QED) is 0.504. The number of likely N-dealkylation sites (tertiary alicyclic amines) is 1. The van der Waals surface area contributed by atoms with E-state index in [1.54, 1.807) is 0 Å². The van der Waals surface area contributed by atoms with Gasteiger partial charge in [0, 0.05) is 36.4 Å². The molecule has 4 rings (SSSR count). The molecule has 0 bridgehead atoms. The van der Waals surface area contributed by atoms with E-state index in [2.05, 4.69) is 76.8 Å². The fraction of sp³-hybridized carbons (Fsp3) is 0.750. The highest BCUT2D eigenvalue weighted by Crippen LogP contribution is 2.60. The molecule has 1 spiro atoms. The van der Waals surface area contributed by atoms with Gasteiger partial charge in [-0.1, -0.05) is 58.0 Å². The summed E-state index contributed by atoms with van der Waals surface area (Å²) in [7, 11) is 0. The van der Waals surface area contributed by atoms with Crippen LogP contribution in [0.15, 0.2) is 30.3 Å². The monoisotopic (exact) mass is 457 g/mol. The molecule has 5 heteroatoms. The van der Waals surface area contributed by atoms with Crippen molar-refractivity contribution in [3.8, 4) is 0 Å². The van der Waals surface area contributed by atoms with Crippen LogP contribution in [0.25, 0.3) is 0 Å². The molecule has 2 saturated heterocycles. The van der Waals surface area contributed by atoms with Crippen LogP contribution < -0.4 is 0 Å². The minimum atomic E-state index is -0.633. The predicted molar refractivity (Wildman–Crippen MR) is 130 cm³/mol. The number of ether oxygens (including phenoxy) is 3. The van der Waals surface area contributed by atoms with E-state index in [0.717, 1.165) is 19.3 Å². The number of hydrogen-bond donors (Lipinski definition) is 0. The number of benzene rings is 1. The highest BCUT2D eigenvalue weighted by atomic mass is 16.8. The Hall–Kier alpha value is -1.43. The summed E-state index contributed by atoms with van der Waals surface area (Å²) in [5.74, 6) is 0.521. The van der Waals surface area contributed by atoms with E-state index in [1.807, 2.05) is 0 Å². The molecule has 184 valence electrons. The molecule has 8 unspecified atom stereocenters. The topological polar surface area (TPSA) is 48.0 Å². The molecule has 0 amide bonds. The van der Waals surface area contributed by atoms with Crippen molar-refractivity contribution >= 4 is 5.97 Å². The van der Waals surface area contributed by atoms with Crippen molar-refractivity contribution in [3.63, 3.8) is 0 Å². The van der Waals surface area contributed by atoms with Gasteiger partial charge in [0.05, 0.1) is 6.61 Å². The Kier molecular flexibility index (Phi) is 6.71. The highest BCUT2D eigenvalue weighted by molar-refractivity contribution is 5.65. The molecule has 8 atom stereocenters. The summed E-state index contributed by atoms with van der Waals surface area (Å²) in [6, 6.07) is 11.5. The summed E-state index contributed by atoms with van der Waals surface area (Å²) in [4.78, 5) is 14.2.